The van der Waals surface area contributed by atoms with Crippen LogP contribution in [0.15, 0.2) is 17.0 Å². The number of benzene rings is 1. The molecule has 0 bridgehead atoms. The maximum atomic E-state index is 12.1. The topological polar surface area (TPSA) is 9.23 Å². The summed E-state index contributed by atoms with van der Waals surface area (Å²) in [6.45, 7) is -3.13. The van der Waals surface area contributed by atoms with Crippen molar-refractivity contribution in [1.29, 1.82) is 0 Å². The molecule has 0 radical (unpaired) electrons. The van der Waals surface area contributed by atoms with Gasteiger partial charge in [-0.15, -0.1) is 0 Å². The monoisotopic (exact) mass is 312 g/mol. The average molecular weight is 313 g/mol. The van der Waals surface area contributed by atoms with Crippen LogP contribution in [0, 0.1) is 0 Å². The molecule has 0 aliphatic carbocycles. The van der Waals surface area contributed by atoms with E-state index in [4.69, 9.17) is 23.2 Å². The Morgan fingerprint density at radius 2 is 1.71 bits per heavy atom. The van der Waals surface area contributed by atoms with Crippen molar-refractivity contribution in [3.63, 3.8) is 0 Å². The van der Waals surface area contributed by atoms with Crippen molar-refractivity contribution in [1.82, 2.24) is 0 Å². The molecule has 9 heteroatoms. The second kappa shape index (κ2) is 5.49. The van der Waals surface area contributed by atoms with E-state index in [0.29, 0.717) is 0 Å². The highest BCUT2D eigenvalue weighted by molar-refractivity contribution is 8.00. The average Bonchev–Trinajstić information content (AvgIpc) is 2.10. The summed E-state index contributed by atoms with van der Waals surface area (Å²) in [6, 6.07) is 1.63. The van der Waals surface area contributed by atoms with Crippen LogP contribution in [0.4, 0.5) is 22.0 Å². The van der Waals surface area contributed by atoms with Gasteiger partial charge >= 0.3 is 12.1 Å². The number of thioether (sulfide) groups is 1. The Hall–Kier alpha value is -0.400. The van der Waals surface area contributed by atoms with Crippen molar-refractivity contribution in [2.24, 2.45) is 0 Å². The highest BCUT2D eigenvalue weighted by Crippen LogP contribution is 2.43. The molecule has 1 aromatic carbocycles. The zero-order valence-electron chi connectivity index (χ0n) is 7.69. The lowest BCUT2D eigenvalue weighted by Gasteiger charge is -2.11. The van der Waals surface area contributed by atoms with Crippen LogP contribution in [-0.4, -0.2) is 12.1 Å². The second-order valence-corrected chi connectivity index (χ2v) is 4.56. The van der Waals surface area contributed by atoms with Gasteiger partial charge in [-0.05, 0) is 17.8 Å². The minimum absolute atomic E-state index is 0.368. The lowest BCUT2D eigenvalue weighted by Crippen LogP contribution is -2.03. The predicted molar refractivity (Wildman–Crippen MR) is 55.0 cm³/mol. The zero-order chi connectivity index (χ0) is 13.2. The molecule has 0 saturated carbocycles. The van der Waals surface area contributed by atoms with Crippen LogP contribution in [0.1, 0.15) is 0 Å². The molecule has 1 rings (SSSR count). The number of ether oxygens (including phenoxy) is 1. The first-order chi connectivity index (χ1) is 7.69. The molecule has 0 heterocycles. The summed E-state index contributed by atoms with van der Waals surface area (Å²) in [4.78, 5) is -0.384. The summed E-state index contributed by atoms with van der Waals surface area (Å²) < 4.78 is 64.0. The Morgan fingerprint density at radius 3 is 2.18 bits per heavy atom. The first-order valence-electron chi connectivity index (χ1n) is 3.88. The van der Waals surface area contributed by atoms with Crippen LogP contribution < -0.4 is 4.74 Å². The van der Waals surface area contributed by atoms with Crippen molar-refractivity contribution in [3.8, 4) is 5.75 Å². The molecule has 0 fully saturated rings. The van der Waals surface area contributed by atoms with E-state index in [1.165, 1.54) is 0 Å². The minimum atomic E-state index is -4.54. The van der Waals surface area contributed by atoms with Crippen molar-refractivity contribution in [2.45, 2.75) is 17.0 Å². The molecule has 0 aliphatic rings. The van der Waals surface area contributed by atoms with E-state index in [2.05, 4.69) is 4.74 Å². The molecule has 0 N–H and O–H groups in total. The molecule has 1 aromatic rings. The summed E-state index contributed by atoms with van der Waals surface area (Å²) in [5, 5.41) is -0.742. The lowest BCUT2D eigenvalue weighted by molar-refractivity contribution is -0.0498. The quantitative estimate of drug-likeness (QED) is 0.560. The molecular formula is C8H3Cl2F5OS. The number of hydrogen-bond donors (Lipinski definition) is 0. The summed E-state index contributed by atoms with van der Waals surface area (Å²) >= 11 is 10.5. The fraction of sp³-hybridized carbons (Fsp3) is 0.250. The van der Waals surface area contributed by atoms with Crippen LogP contribution in [0.3, 0.4) is 0 Å². The molecule has 0 saturated heterocycles. The number of hydrogen-bond acceptors (Lipinski definition) is 2. The standard InChI is InChI=1S/C8H3Cl2F5OS/c9-3-2-6(17-8(13,14)15)4(10)1-5(3)16-7(11)12/h1-2,7H. The smallest absolute Gasteiger partial charge is 0.433 e. The predicted octanol–water partition coefficient (Wildman–Crippen LogP) is 5.21. The van der Waals surface area contributed by atoms with Gasteiger partial charge in [0.05, 0.1) is 10.0 Å². The maximum Gasteiger partial charge on any atom is 0.446 e. The summed E-state index contributed by atoms with van der Waals surface area (Å²) in [7, 11) is 0. The molecular weight excluding hydrogens is 310 g/mol. The van der Waals surface area contributed by atoms with E-state index in [1.807, 2.05) is 0 Å². The van der Waals surface area contributed by atoms with Crippen LogP contribution in [0.2, 0.25) is 10.0 Å². The molecule has 0 aliphatic heterocycles. The summed E-state index contributed by atoms with van der Waals surface area (Å²) in [5.74, 6) is -0.474. The van der Waals surface area contributed by atoms with E-state index in [-0.39, 0.29) is 14.9 Å². The molecule has 0 unspecified atom stereocenters. The normalized spacial score (nSPS) is 12.0. The Labute approximate surface area is 107 Å². The van der Waals surface area contributed by atoms with E-state index in [0.717, 1.165) is 12.1 Å². The van der Waals surface area contributed by atoms with E-state index in [1.54, 1.807) is 0 Å². The van der Waals surface area contributed by atoms with Crippen molar-refractivity contribution in [2.75, 3.05) is 0 Å². The van der Waals surface area contributed by atoms with Crippen molar-refractivity contribution in [3.05, 3.63) is 22.2 Å². The third kappa shape index (κ3) is 4.77. The first-order valence-corrected chi connectivity index (χ1v) is 5.46. The fourth-order valence-corrected chi connectivity index (χ4v) is 2.02. The molecule has 0 amide bonds. The van der Waals surface area contributed by atoms with Gasteiger partial charge in [0.1, 0.15) is 5.75 Å². The van der Waals surface area contributed by atoms with Crippen LogP contribution in [-0.2, 0) is 0 Å². The summed E-state index contributed by atoms with van der Waals surface area (Å²) in [5.41, 5.74) is -4.54. The van der Waals surface area contributed by atoms with Gasteiger partial charge in [0.15, 0.2) is 0 Å². The molecule has 17 heavy (non-hydrogen) atoms. The van der Waals surface area contributed by atoms with Gasteiger partial charge < -0.3 is 4.74 Å². The third-order valence-corrected chi connectivity index (χ3v) is 2.94. The molecule has 0 atom stereocenters. The molecule has 0 aromatic heterocycles. The van der Waals surface area contributed by atoms with E-state index < -0.39 is 29.6 Å². The van der Waals surface area contributed by atoms with Crippen molar-refractivity contribution >= 4 is 35.0 Å². The molecule has 1 nitrogen and oxygen atoms in total. The van der Waals surface area contributed by atoms with Gasteiger partial charge in [-0.25, -0.2) is 0 Å². The number of halogens is 7. The van der Waals surface area contributed by atoms with E-state index >= 15 is 0 Å². The van der Waals surface area contributed by atoms with E-state index in [9.17, 15) is 22.0 Å². The van der Waals surface area contributed by atoms with Gasteiger partial charge in [0, 0.05) is 11.0 Å². The minimum Gasteiger partial charge on any atom is -0.433 e. The van der Waals surface area contributed by atoms with Gasteiger partial charge in [-0.1, -0.05) is 23.2 Å². The van der Waals surface area contributed by atoms with Crippen molar-refractivity contribution < 1.29 is 26.7 Å². The van der Waals surface area contributed by atoms with Gasteiger partial charge in [-0.2, -0.15) is 22.0 Å². The van der Waals surface area contributed by atoms with Crippen LogP contribution in [0.25, 0.3) is 0 Å². The van der Waals surface area contributed by atoms with Gasteiger partial charge in [-0.3, -0.25) is 0 Å². The maximum absolute atomic E-state index is 12.1. The number of rotatable bonds is 3. The summed E-state index contributed by atoms with van der Waals surface area (Å²) in [6.07, 6.45) is 0. The highest BCUT2D eigenvalue weighted by Gasteiger charge is 2.31. The molecule has 96 valence electrons. The largest absolute Gasteiger partial charge is 0.446 e. The second-order valence-electron chi connectivity index (χ2n) is 2.64. The third-order valence-electron chi connectivity index (χ3n) is 1.43. The highest BCUT2D eigenvalue weighted by atomic mass is 35.5. The fourth-order valence-electron chi connectivity index (χ4n) is 0.900. The molecule has 0 spiro atoms. The SMILES string of the molecule is FC(F)Oc1cc(Cl)c(SC(F)(F)F)cc1Cl. The van der Waals surface area contributed by atoms with Gasteiger partial charge in [0.2, 0.25) is 0 Å². The number of alkyl halides is 5. The zero-order valence-corrected chi connectivity index (χ0v) is 10.0. The Balaban J connectivity index is 3.01. The Morgan fingerprint density at radius 1 is 1.12 bits per heavy atom. The Kier molecular flexibility index (Phi) is 4.74. The first kappa shape index (κ1) is 14.7. The van der Waals surface area contributed by atoms with Crippen LogP contribution >= 0.6 is 35.0 Å². The lowest BCUT2D eigenvalue weighted by atomic mass is 10.3. The van der Waals surface area contributed by atoms with Gasteiger partial charge in [0.25, 0.3) is 0 Å². The Bertz CT molecular complexity index is 410. The van der Waals surface area contributed by atoms with Crippen LogP contribution in [0.5, 0.6) is 5.75 Å².